The Hall–Kier alpha value is 0.0700. The summed E-state index contributed by atoms with van der Waals surface area (Å²) in [5.74, 6) is 2.39. The molecule has 0 aliphatic carbocycles. The van der Waals surface area contributed by atoms with Crippen LogP contribution < -0.4 is 10.6 Å². The van der Waals surface area contributed by atoms with Crippen molar-refractivity contribution in [1.29, 1.82) is 0 Å². The summed E-state index contributed by atoms with van der Waals surface area (Å²) >= 11 is 1.92. The summed E-state index contributed by atoms with van der Waals surface area (Å²) in [4.78, 5) is 11.4. The van der Waals surface area contributed by atoms with E-state index in [9.17, 15) is 4.79 Å². The second-order valence-electron chi connectivity index (χ2n) is 3.65. The number of carbonyl (C=O) groups excluding carboxylic acids is 1. The molecule has 0 bridgehead atoms. The predicted molar refractivity (Wildman–Crippen MR) is 64.3 cm³/mol. The highest BCUT2D eigenvalue weighted by molar-refractivity contribution is 7.99. The minimum Gasteiger partial charge on any atom is -0.354 e. The van der Waals surface area contributed by atoms with Crippen molar-refractivity contribution in [1.82, 2.24) is 10.6 Å². The van der Waals surface area contributed by atoms with E-state index < -0.39 is 0 Å². The zero-order valence-corrected chi connectivity index (χ0v) is 10.3. The summed E-state index contributed by atoms with van der Waals surface area (Å²) in [6, 6.07) is 0.626. The van der Waals surface area contributed by atoms with Gasteiger partial charge in [0, 0.05) is 36.6 Å². The lowest BCUT2D eigenvalue weighted by atomic mass is 10.2. The zero-order chi connectivity index (χ0) is 9.68. The topological polar surface area (TPSA) is 41.1 Å². The van der Waals surface area contributed by atoms with Crippen molar-refractivity contribution in [3.8, 4) is 0 Å². The van der Waals surface area contributed by atoms with Crippen LogP contribution >= 0.6 is 24.2 Å². The molecule has 1 saturated heterocycles. The number of carbonyl (C=O) groups is 1. The van der Waals surface area contributed by atoms with Gasteiger partial charge in [-0.05, 0) is 13.8 Å². The van der Waals surface area contributed by atoms with Gasteiger partial charge < -0.3 is 10.6 Å². The second kappa shape index (κ2) is 7.37. The molecule has 2 N–H and O–H groups in total. The molecule has 14 heavy (non-hydrogen) atoms. The minimum atomic E-state index is 0. The third-order valence-electron chi connectivity index (χ3n) is 1.88. The number of halogens is 1. The molecule has 0 saturated carbocycles. The van der Waals surface area contributed by atoms with Crippen LogP contribution in [0.5, 0.6) is 0 Å². The van der Waals surface area contributed by atoms with E-state index in [4.69, 9.17) is 0 Å². The average Bonchev–Trinajstić information content (AvgIpc) is 2.04. The Morgan fingerprint density at radius 2 is 2.36 bits per heavy atom. The fraction of sp³-hybridized carbons (Fsp3) is 0.889. The number of hydrogen-bond acceptors (Lipinski definition) is 3. The normalized spacial score (nSPS) is 21.5. The monoisotopic (exact) mass is 238 g/mol. The van der Waals surface area contributed by atoms with Crippen molar-refractivity contribution in [2.24, 2.45) is 0 Å². The Bertz CT molecular complexity index is 172. The van der Waals surface area contributed by atoms with E-state index in [1.807, 2.05) is 25.6 Å². The van der Waals surface area contributed by atoms with Gasteiger partial charge in [0.25, 0.3) is 0 Å². The third kappa shape index (κ3) is 5.73. The van der Waals surface area contributed by atoms with Crippen LogP contribution in [0.1, 0.15) is 20.3 Å². The van der Waals surface area contributed by atoms with Gasteiger partial charge in [-0.3, -0.25) is 4.79 Å². The quantitative estimate of drug-likeness (QED) is 0.772. The molecule has 0 radical (unpaired) electrons. The fourth-order valence-electron chi connectivity index (χ4n) is 1.36. The molecule has 1 fully saturated rings. The fourth-order valence-corrected chi connectivity index (χ4v) is 2.30. The highest BCUT2D eigenvalue weighted by atomic mass is 35.5. The van der Waals surface area contributed by atoms with Gasteiger partial charge in [-0.15, -0.1) is 12.4 Å². The number of rotatable bonds is 3. The molecule has 1 heterocycles. The molecule has 1 aliphatic heterocycles. The Labute approximate surface area is 96.2 Å². The highest BCUT2D eigenvalue weighted by Gasteiger charge is 2.16. The maximum atomic E-state index is 11.4. The van der Waals surface area contributed by atoms with Gasteiger partial charge in [-0.1, -0.05) is 0 Å². The van der Waals surface area contributed by atoms with Crippen molar-refractivity contribution in [3.63, 3.8) is 0 Å². The lowest BCUT2D eigenvalue weighted by Gasteiger charge is -2.22. The first kappa shape index (κ1) is 14.1. The molecule has 0 aromatic rings. The molecule has 1 unspecified atom stereocenters. The first-order valence-corrected chi connectivity index (χ1v) is 5.94. The highest BCUT2D eigenvalue weighted by Crippen LogP contribution is 2.09. The van der Waals surface area contributed by atoms with Gasteiger partial charge in [-0.25, -0.2) is 0 Å². The van der Waals surface area contributed by atoms with Gasteiger partial charge in [-0.2, -0.15) is 11.8 Å². The number of thioether (sulfide) groups is 1. The van der Waals surface area contributed by atoms with Crippen LogP contribution in [0, 0.1) is 0 Å². The van der Waals surface area contributed by atoms with Crippen LogP contribution in [0.25, 0.3) is 0 Å². The first-order chi connectivity index (χ1) is 6.18. The van der Waals surface area contributed by atoms with E-state index in [0.717, 1.165) is 12.3 Å². The second-order valence-corrected chi connectivity index (χ2v) is 4.80. The molecule has 1 atom stereocenters. The molecule has 5 heteroatoms. The van der Waals surface area contributed by atoms with Crippen LogP contribution in [0.15, 0.2) is 0 Å². The van der Waals surface area contributed by atoms with E-state index in [1.165, 1.54) is 5.75 Å². The van der Waals surface area contributed by atoms with Crippen LogP contribution in [0.2, 0.25) is 0 Å². The van der Waals surface area contributed by atoms with Crippen molar-refractivity contribution in [3.05, 3.63) is 0 Å². The molecular formula is C9H19ClN2OS. The summed E-state index contributed by atoms with van der Waals surface area (Å²) in [6.07, 6.45) is 0.616. The van der Waals surface area contributed by atoms with Crippen molar-refractivity contribution >= 4 is 30.1 Å². The Kier molecular flexibility index (Phi) is 7.41. The van der Waals surface area contributed by atoms with Crippen LogP contribution in [-0.2, 0) is 4.79 Å². The maximum Gasteiger partial charge on any atom is 0.221 e. The van der Waals surface area contributed by atoms with Crippen molar-refractivity contribution in [2.45, 2.75) is 32.4 Å². The van der Waals surface area contributed by atoms with E-state index >= 15 is 0 Å². The number of hydrogen-bond donors (Lipinski definition) is 2. The lowest BCUT2D eigenvalue weighted by Crippen LogP contribution is -2.42. The summed E-state index contributed by atoms with van der Waals surface area (Å²) in [5.41, 5.74) is 0. The molecular weight excluding hydrogens is 220 g/mol. The van der Waals surface area contributed by atoms with Crippen LogP contribution in [0.4, 0.5) is 0 Å². The molecule has 0 aromatic carbocycles. The molecule has 3 nitrogen and oxygen atoms in total. The van der Waals surface area contributed by atoms with Gasteiger partial charge >= 0.3 is 0 Å². The van der Waals surface area contributed by atoms with Crippen molar-refractivity contribution in [2.75, 3.05) is 18.1 Å². The molecule has 1 amide bonds. The first-order valence-electron chi connectivity index (χ1n) is 4.79. The zero-order valence-electron chi connectivity index (χ0n) is 8.71. The van der Waals surface area contributed by atoms with Gasteiger partial charge in [0.15, 0.2) is 0 Å². The van der Waals surface area contributed by atoms with Gasteiger partial charge in [0.05, 0.1) is 0 Å². The lowest BCUT2D eigenvalue weighted by molar-refractivity contribution is -0.121. The van der Waals surface area contributed by atoms with E-state index in [1.54, 1.807) is 0 Å². The standard InChI is InChI=1S/C9H18N2OS.ClH/c1-7(2)11-9(12)5-8-6-13-4-3-10-8;/h7-8,10H,3-6H2,1-2H3,(H,11,12);1H. The Balaban J connectivity index is 0.00000169. The maximum absolute atomic E-state index is 11.4. The summed E-state index contributed by atoms with van der Waals surface area (Å²) in [6.45, 7) is 5.01. The Morgan fingerprint density at radius 3 is 2.86 bits per heavy atom. The third-order valence-corrected chi connectivity index (χ3v) is 3.01. The number of amides is 1. The largest absolute Gasteiger partial charge is 0.354 e. The van der Waals surface area contributed by atoms with E-state index in [0.29, 0.717) is 12.5 Å². The molecule has 0 spiro atoms. The van der Waals surface area contributed by atoms with E-state index in [2.05, 4.69) is 10.6 Å². The summed E-state index contributed by atoms with van der Waals surface area (Å²) in [7, 11) is 0. The summed E-state index contributed by atoms with van der Waals surface area (Å²) < 4.78 is 0. The molecule has 0 aromatic heterocycles. The van der Waals surface area contributed by atoms with Crippen LogP contribution in [0.3, 0.4) is 0 Å². The number of nitrogens with one attached hydrogen (secondary N) is 2. The van der Waals surface area contributed by atoms with Crippen molar-refractivity contribution < 1.29 is 4.79 Å². The molecule has 84 valence electrons. The van der Waals surface area contributed by atoms with Crippen LogP contribution in [-0.4, -0.2) is 36.0 Å². The van der Waals surface area contributed by atoms with Gasteiger partial charge in [0.1, 0.15) is 0 Å². The SMILES string of the molecule is CC(C)NC(=O)CC1CSCCN1.Cl. The summed E-state index contributed by atoms with van der Waals surface area (Å²) in [5, 5.41) is 6.24. The minimum absolute atomic E-state index is 0. The van der Waals surface area contributed by atoms with E-state index in [-0.39, 0.29) is 24.4 Å². The molecule has 1 rings (SSSR count). The molecule has 1 aliphatic rings. The predicted octanol–water partition coefficient (Wildman–Crippen LogP) is 1.03. The average molecular weight is 239 g/mol. The van der Waals surface area contributed by atoms with Gasteiger partial charge in [0.2, 0.25) is 5.91 Å². The Morgan fingerprint density at radius 1 is 1.64 bits per heavy atom. The smallest absolute Gasteiger partial charge is 0.221 e.